The Hall–Kier alpha value is -2.55. The SMILES string of the molecule is CCCCOC(=O)O[C@]1(C(=O)COC(=O)C2CC2)CC[C@H]2[C@@H]3C[C@H](F)C4=CC(=O)C=C[C@]4(C)[C@H]3C(O)C[C@@]21C. The number of ether oxygens (including phenoxy) is 3. The number of carbonyl (C=O) groups is 4. The van der Waals surface area contributed by atoms with Gasteiger partial charge in [-0.25, -0.2) is 9.18 Å². The van der Waals surface area contributed by atoms with E-state index < -0.39 is 53.2 Å². The molecule has 0 aromatic rings. The number of aliphatic hydroxyl groups is 1. The lowest BCUT2D eigenvalue weighted by molar-refractivity contribution is -0.188. The number of unbranched alkanes of at least 4 members (excludes halogenated alkanes) is 1. The highest BCUT2D eigenvalue weighted by Crippen LogP contribution is 2.68. The molecule has 4 saturated carbocycles. The van der Waals surface area contributed by atoms with E-state index in [1.807, 2.05) is 20.8 Å². The first-order valence-electron chi connectivity index (χ1n) is 14.3. The summed E-state index contributed by atoms with van der Waals surface area (Å²) in [6, 6.07) is 0. The molecule has 1 N–H and O–H groups in total. The number of fused-ring (bicyclic) bond motifs is 5. The van der Waals surface area contributed by atoms with Crippen molar-refractivity contribution in [1.29, 1.82) is 0 Å². The summed E-state index contributed by atoms with van der Waals surface area (Å²) in [6.07, 6.45) is 4.99. The zero-order valence-corrected chi connectivity index (χ0v) is 23.0. The molecule has 0 heterocycles. The van der Waals surface area contributed by atoms with Crippen molar-refractivity contribution in [3.05, 3.63) is 23.8 Å². The fraction of sp³-hybridized carbons (Fsp3) is 0.733. The third kappa shape index (κ3) is 4.54. The Kier molecular flexibility index (Phi) is 7.27. The van der Waals surface area contributed by atoms with Crippen LogP contribution in [0.15, 0.2) is 23.8 Å². The van der Waals surface area contributed by atoms with Crippen molar-refractivity contribution >= 4 is 23.7 Å². The number of halogens is 1. The van der Waals surface area contributed by atoms with Crippen molar-refractivity contribution in [3.63, 3.8) is 0 Å². The van der Waals surface area contributed by atoms with Gasteiger partial charge in [-0.1, -0.05) is 33.3 Å². The average Bonchev–Trinajstić information content (AvgIpc) is 3.68. The van der Waals surface area contributed by atoms with Gasteiger partial charge in [0.1, 0.15) is 6.17 Å². The van der Waals surface area contributed by atoms with Gasteiger partial charge in [0.25, 0.3) is 0 Å². The Labute approximate surface area is 228 Å². The van der Waals surface area contributed by atoms with Crippen LogP contribution < -0.4 is 0 Å². The van der Waals surface area contributed by atoms with E-state index in [9.17, 15) is 24.3 Å². The largest absolute Gasteiger partial charge is 0.509 e. The average molecular weight is 547 g/mol. The van der Waals surface area contributed by atoms with Gasteiger partial charge in [0.15, 0.2) is 18.0 Å². The maximum atomic E-state index is 15.7. The number of aliphatic hydroxyl groups excluding tert-OH is 1. The molecule has 8 nitrogen and oxygen atoms in total. The van der Waals surface area contributed by atoms with Crippen LogP contribution in [0.3, 0.4) is 0 Å². The summed E-state index contributed by atoms with van der Waals surface area (Å²) in [6.45, 7) is 5.25. The summed E-state index contributed by atoms with van der Waals surface area (Å²) in [5.41, 5.74) is -3.17. The molecular weight excluding hydrogens is 507 g/mol. The van der Waals surface area contributed by atoms with Gasteiger partial charge in [-0.05, 0) is 74.5 Å². The molecule has 0 aliphatic heterocycles. The minimum Gasteiger partial charge on any atom is -0.457 e. The van der Waals surface area contributed by atoms with E-state index in [-0.39, 0.29) is 55.3 Å². The molecule has 5 aliphatic carbocycles. The number of Topliss-reactive ketones (excluding diaryl/α,β-unsaturated/α-hetero) is 1. The molecule has 0 aromatic heterocycles. The van der Waals surface area contributed by atoms with Crippen molar-refractivity contribution in [2.75, 3.05) is 13.2 Å². The van der Waals surface area contributed by atoms with Gasteiger partial charge < -0.3 is 19.3 Å². The van der Waals surface area contributed by atoms with Crippen LogP contribution in [0.25, 0.3) is 0 Å². The van der Waals surface area contributed by atoms with Crippen LogP contribution in [0.4, 0.5) is 9.18 Å². The topological polar surface area (TPSA) is 116 Å². The summed E-state index contributed by atoms with van der Waals surface area (Å²) in [4.78, 5) is 51.0. The summed E-state index contributed by atoms with van der Waals surface area (Å²) < 4.78 is 32.2. The van der Waals surface area contributed by atoms with E-state index >= 15 is 4.39 Å². The molecule has 0 amide bonds. The highest BCUT2D eigenvalue weighted by Gasteiger charge is 2.71. The number of esters is 1. The molecule has 4 fully saturated rings. The van der Waals surface area contributed by atoms with Crippen molar-refractivity contribution in [2.24, 2.45) is 34.5 Å². The van der Waals surface area contributed by atoms with E-state index in [0.29, 0.717) is 18.4 Å². The molecule has 39 heavy (non-hydrogen) atoms. The lowest BCUT2D eigenvalue weighted by atomic mass is 9.46. The predicted octanol–water partition coefficient (Wildman–Crippen LogP) is 4.43. The third-order valence-corrected chi connectivity index (χ3v) is 10.3. The number of carbonyl (C=O) groups excluding carboxylic acids is 4. The van der Waals surface area contributed by atoms with Gasteiger partial charge >= 0.3 is 12.1 Å². The van der Waals surface area contributed by atoms with E-state index in [0.717, 1.165) is 19.3 Å². The number of rotatable bonds is 8. The Morgan fingerprint density at radius 1 is 1.15 bits per heavy atom. The smallest absolute Gasteiger partial charge is 0.457 e. The summed E-state index contributed by atoms with van der Waals surface area (Å²) in [7, 11) is 0. The molecule has 1 unspecified atom stereocenters. The number of allylic oxidation sites excluding steroid dienone is 4. The lowest BCUT2D eigenvalue weighted by Gasteiger charge is -2.60. The second kappa shape index (κ2) is 10.1. The molecule has 8 atom stereocenters. The zero-order valence-electron chi connectivity index (χ0n) is 23.0. The molecule has 0 radical (unpaired) electrons. The third-order valence-electron chi connectivity index (χ3n) is 10.3. The Balaban J connectivity index is 1.47. The van der Waals surface area contributed by atoms with E-state index in [1.54, 1.807) is 6.08 Å². The molecule has 214 valence electrons. The fourth-order valence-corrected chi connectivity index (χ4v) is 8.17. The fourth-order valence-electron chi connectivity index (χ4n) is 8.17. The van der Waals surface area contributed by atoms with Crippen LogP contribution in [0.1, 0.15) is 72.1 Å². The Morgan fingerprint density at radius 2 is 1.90 bits per heavy atom. The maximum Gasteiger partial charge on any atom is 0.509 e. The van der Waals surface area contributed by atoms with Crippen LogP contribution in [0.5, 0.6) is 0 Å². The predicted molar refractivity (Wildman–Crippen MR) is 137 cm³/mol. The van der Waals surface area contributed by atoms with Gasteiger partial charge in [-0.2, -0.15) is 0 Å². The van der Waals surface area contributed by atoms with Crippen LogP contribution in [0, 0.1) is 34.5 Å². The highest BCUT2D eigenvalue weighted by molar-refractivity contribution is 6.01. The summed E-state index contributed by atoms with van der Waals surface area (Å²) in [5, 5.41) is 11.7. The molecular formula is C30H39FO8. The first-order valence-corrected chi connectivity index (χ1v) is 14.3. The second-order valence-corrected chi connectivity index (χ2v) is 12.5. The van der Waals surface area contributed by atoms with Crippen molar-refractivity contribution in [2.45, 2.75) is 90.0 Å². The minimum absolute atomic E-state index is 0.104. The van der Waals surface area contributed by atoms with Gasteiger partial charge in [-0.3, -0.25) is 14.4 Å². The van der Waals surface area contributed by atoms with Crippen LogP contribution in [0.2, 0.25) is 0 Å². The van der Waals surface area contributed by atoms with Crippen LogP contribution in [-0.4, -0.2) is 59.9 Å². The molecule has 5 rings (SSSR count). The number of ketones is 2. The first kappa shape index (κ1) is 28.0. The molecule has 0 bridgehead atoms. The molecule has 5 aliphatic rings. The molecule has 0 saturated heterocycles. The molecule has 9 heteroatoms. The lowest BCUT2D eigenvalue weighted by Crippen LogP contribution is -2.64. The number of hydrogen-bond acceptors (Lipinski definition) is 8. The Morgan fingerprint density at radius 3 is 2.59 bits per heavy atom. The Bertz CT molecular complexity index is 1110. The quantitative estimate of drug-likeness (QED) is 0.351. The van der Waals surface area contributed by atoms with Crippen molar-refractivity contribution in [3.8, 4) is 0 Å². The number of hydrogen-bond donors (Lipinski definition) is 1. The zero-order chi connectivity index (χ0) is 28.2. The van der Waals surface area contributed by atoms with Crippen LogP contribution >= 0.6 is 0 Å². The van der Waals surface area contributed by atoms with E-state index in [1.165, 1.54) is 12.2 Å². The van der Waals surface area contributed by atoms with Gasteiger partial charge in [0.2, 0.25) is 5.78 Å². The number of alkyl halides is 1. The monoisotopic (exact) mass is 546 g/mol. The van der Waals surface area contributed by atoms with Gasteiger partial charge in [0, 0.05) is 16.7 Å². The summed E-state index contributed by atoms with van der Waals surface area (Å²) >= 11 is 0. The standard InChI is InChI=1S/C30H39FO8/c1-4-5-12-37-27(36)39-30(24(34)16-38-26(35)17-6-7-17)11-9-20-19-14-22(31)21-13-18(32)8-10-28(21,2)25(19)23(33)15-29(20,30)3/h8,10,13,17,19-20,22-23,25,33H,4-7,9,11-12,14-16H2,1-3H3/t19-,20-,22-,23?,25+,28-,29-,30-/m0/s1. The normalized spacial score (nSPS) is 40.6. The van der Waals surface area contributed by atoms with E-state index in [2.05, 4.69) is 0 Å². The first-order chi connectivity index (χ1) is 18.5. The summed E-state index contributed by atoms with van der Waals surface area (Å²) in [5.74, 6) is -2.38. The van der Waals surface area contributed by atoms with Crippen molar-refractivity contribution in [1.82, 2.24) is 0 Å². The minimum atomic E-state index is -1.68. The van der Waals surface area contributed by atoms with Gasteiger partial charge in [0.05, 0.1) is 18.6 Å². The second-order valence-electron chi connectivity index (χ2n) is 12.5. The highest BCUT2D eigenvalue weighted by atomic mass is 19.1. The van der Waals surface area contributed by atoms with E-state index in [4.69, 9.17) is 14.2 Å². The van der Waals surface area contributed by atoms with Crippen LogP contribution in [-0.2, 0) is 28.6 Å². The molecule has 0 spiro atoms. The maximum absolute atomic E-state index is 15.7. The van der Waals surface area contributed by atoms with Crippen molar-refractivity contribution < 1.29 is 42.9 Å². The van der Waals surface area contributed by atoms with Gasteiger partial charge in [-0.15, -0.1) is 0 Å². The molecule has 0 aromatic carbocycles.